The lowest BCUT2D eigenvalue weighted by atomic mass is 9.96. The highest BCUT2D eigenvalue weighted by Crippen LogP contribution is 2.31. The molecule has 1 aromatic carbocycles. The van der Waals surface area contributed by atoms with Crippen LogP contribution in [0.4, 0.5) is 0 Å². The topological polar surface area (TPSA) is 77.0 Å². The minimum Gasteiger partial charge on any atom is -0.440 e. The predicted molar refractivity (Wildman–Crippen MR) is 124 cm³/mol. The van der Waals surface area contributed by atoms with E-state index in [4.69, 9.17) is 9.40 Å². The molecule has 7 nitrogen and oxygen atoms in total. The molecule has 0 spiro atoms. The van der Waals surface area contributed by atoms with E-state index >= 15 is 0 Å². The van der Waals surface area contributed by atoms with Gasteiger partial charge in [-0.05, 0) is 50.8 Å². The Labute approximate surface area is 187 Å². The van der Waals surface area contributed by atoms with Gasteiger partial charge in [0.25, 0.3) is 5.91 Å². The summed E-state index contributed by atoms with van der Waals surface area (Å²) in [7, 11) is 0. The highest BCUT2D eigenvalue weighted by atomic mass is 16.3. The highest BCUT2D eigenvalue weighted by molar-refractivity contribution is 6.05. The molecule has 1 aliphatic rings. The SMILES string of the molecule is CC(C)c1cc(C(=O)N2CCC[C@@H](c3nc4ccccc4o3)C2)c2cnn(C(C)C)c2n1. The zero-order valence-corrected chi connectivity index (χ0v) is 19.1. The Morgan fingerprint density at radius 2 is 1.97 bits per heavy atom. The van der Waals surface area contributed by atoms with E-state index in [-0.39, 0.29) is 23.8 Å². The lowest BCUT2D eigenvalue weighted by Gasteiger charge is -2.31. The maximum atomic E-state index is 13.7. The van der Waals surface area contributed by atoms with Crippen molar-refractivity contribution in [3.05, 3.63) is 53.7 Å². The molecule has 0 bridgehead atoms. The van der Waals surface area contributed by atoms with Crippen LogP contribution in [0.1, 0.15) is 80.4 Å². The summed E-state index contributed by atoms with van der Waals surface area (Å²) in [5, 5.41) is 5.35. The summed E-state index contributed by atoms with van der Waals surface area (Å²) in [4.78, 5) is 25.2. The maximum Gasteiger partial charge on any atom is 0.254 e. The Morgan fingerprint density at radius 1 is 1.16 bits per heavy atom. The summed E-state index contributed by atoms with van der Waals surface area (Å²) in [6.07, 6.45) is 3.67. The predicted octanol–water partition coefficient (Wildman–Crippen LogP) is 5.30. The number of hydrogen-bond donors (Lipinski definition) is 0. The zero-order valence-electron chi connectivity index (χ0n) is 19.1. The molecule has 0 saturated carbocycles. The normalized spacial score (nSPS) is 17.2. The largest absolute Gasteiger partial charge is 0.440 e. The van der Waals surface area contributed by atoms with E-state index in [0.717, 1.165) is 53.1 Å². The van der Waals surface area contributed by atoms with Gasteiger partial charge in [-0.25, -0.2) is 14.6 Å². The van der Waals surface area contributed by atoms with Gasteiger partial charge in [-0.3, -0.25) is 4.79 Å². The Kier molecular flexibility index (Phi) is 5.19. The number of amides is 1. The fourth-order valence-electron chi connectivity index (χ4n) is 4.49. The van der Waals surface area contributed by atoms with Gasteiger partial charge < -0.3 is 9.32 Å². The number of piperidine rings is 1. The molecule has 0 unspecified atom stereocenters. The van der Waals surface area contributed by atoms with Crippen LogP contribution in [0, 0.1) is 0 Å². The third-order valence-corrected chi connectivity index (χ3v) is 6.27. The van der Waals surface area contributed by atoms with E-state index in [1.54, 1.807) is 6.20 Å². The van der Waals surface area contributed by atoms with Crippen LogP contribution < -0.4 is 0 Å². The van der Waals surface area contributed by atoms with E-state index in [9.17, 15) is 4.79 Å². The average molecular weight is 432 g/mol. The van der Waals surface area contributed by atoms with Crippen LogP contribution in [0.15, 0.2) is 40.9 Å². The van der Waals surface area contributed by atoms with E-state index in [1.165, 1.54) is 0 Å². The Morgan fingerprint density at radius 3 is 2.72 bits per heavy atom. The molecule has 3 aromatic heterocycles. The molecule has 1 saturated heterocycles. The van der Waals surface area contributed by atoms with Gasteiger partial charge in [-0.1, -0.05) is 26.0 Å². The summed E-state index contributed by atoms with van der Waals surface area (Å²) in [6.45, 7) is 9.69. The number of nitrogens with zero attached hydrogens (tertiary/aromatic N) is 5. The first-order valence-electron chi connectivity index (χ1n) is 11.4. The number of oxazole rings is 1. The standard InChI is InChI=1S/C25H29N5O2/c1-15(2)21-12-18(19-13-26-30(16(3)4)23(19)27-21)25(31)29-11-7-8-17(14-29)24-28-20-9-5-6-10-22(20)32-24/h5-6,9-10,12-13,15-17H,7-8,11,14H2,1-4H3/t17-/m1/s1. The first-order chi connectivity index (χ1) is 15.4. The first kappa shape index (κ1) is 20.7. The second-order valence-corrected chi connectivity index (χ2v) is 9.28. The molecule has 1 fully saturated rings. The number of hydrogen-bond acceptors (Lipinski definition) is 5. The van der Waals surface area contributed by atoms with Gasteiger partial charge in [0.1, 0.15) is 5.52 Å². The molecule has 0 radical (unpaired) electrons. The second-order valence-electron chi connectivity index (χ2n) is 9.28. The number of carbonyl (C=O) groups excluding carboxylic acids is 1. The number of carbonyl (C=O) groups is 1. The Balaban J connectivity index is 1.49. The van der Waals surface area contributed by atoms with Gasteiger partial charge in [-0.15, -0.1) is 0 Å². The summed E-state index contributed by atoms with van der Waals surface area (Å²) in [5.74, 6) is 1.07. The third-order valence-electron chi connectivity index (χ3n) is 6.27. The van der Waals surface area contributed by atoms with Crippen molar-refractivity contribution in [1.29, 1.82) is 0 Å². The molecular formula is C25H29N5O2. The number of aromatic nitrogens is 4. The molecule has 32 heavy (non-hydrogen) atoms. The fraction of sp³-hybridized carbons (Fsp3) is 0.440. The number of pyridine rings is 1. The lowest BCUT2D eigenvalue weighted by Crippen LogP contribution is -2.39. The van der Waals surface area contributed by atoms with Crippen molar-refractivity contribution in [2.45, 2.75) is 58.4 Å². The molecule has 4 aromatic rings. The highest BCUT2D eigenvalue weighted by Gasteiger charge is 2.30. The molecule has 166 valence electrons. The van der Waals surface area contributed by atoms with Crippen LogP contribution >= 0.6 is 0 Å². The van der Waals surface area contributed by atoms with Crippen molar-refractivity contribution in [2.24, 2.45) is 0 Å². The molecule has 0 N–H and O–H groups in total. The minimum atomic E-state index is 0.0309. The van der Waals surface area contributed by atoms with Crippen LogP contribution in [0.2, 0.25) is 0 Å². The summed E-state index contributed by atoms with van der Waals surface area (Å²) >= 11 is 0. The number of rotatable bonds is 4. The smallest absolute Gasteiger partial charge is 0.254 e. The Bertz CT molecular complexity index is 1250. The quantitative estimate of drug-likeness (QED) is 0.438. The lowest BCUT2D eigenvalue weighted by molar-refractivity contribution is 0.0700. The van der Waals surface area contributed by atoms with Crippen LogP contribution in [0.5, 0.6) is 0 Å². The zero-order chi connectivity index (χ0) is 22.4. The summed E-state index contributed by atoms with van der Waals surface area (Å²) in [6, 6.07) is 9.93. The fourth-order valence-corrected chi connectivity index (χ4v) is 4.49. The molecule has 1 atom stereocenters. The average Bonchev–Trinajstić information content (AvgIpc) is 3.42. The summed E-state index contributed by atoms with van der Waals surface area (Å²) < 4.78 is 7.92. The second kappa shape index (κ2) is 8.04. The summed E-state index contributed by atoms with van der Waals surface area (Å²) in [5.41, 5.74) is 4.04. The van der Waals surface area contributed by atoms with Gasteiger partial charge in [0, 0.05) is 24.8 Å². The van der Waals surface area contributed by atoms with Crippen LogP contribution in [-0.2, 0) is 0 Å². The molecule has 0 aliphatic carbocycles. The molecule has 5 rings (SSSR count). The van der Waals surface area contributed by atoms with Crippen molar-refractivity contribution in [3.8, 4) is 0 Å². The number of benzene rings is 1. The third kappa shape index (κ3) is 3.55. The van der Waals surface area contributed by atoms with Crippen LogP contribution in [0.25, 0.3) is 22.1 Å². The minimum absolute atomic E-state index is 0.0309. The number of likely N-dealkylation sites (tertiary alicyclic amines) is 1. The van der Waals surface area contributed by atoms with Gasteiger partial charge in [0.05, 0.1) is 23.1 Å². The monoisotopic (exact) mass is 431 g/mol. The van der Waals surface area contributed by atoms with Crippen molar-refractivity contribution in [1.82, 2.24) is 24.6 Å². The molecule has 4 heterocycles. The van der Waals surface area contributed by atoms with Crippen molar-refractivity contribution >= 4 is 28.0 Å². The molecule has 7 heteroatoms. The van der Waals surface area contributed by atoms with Gasteiger partial charge in [-0.2, -0.15) is 5.10 Å². The van der Waals surface area contributed by atoms with E-state index in [0.29, 0.717) is 12.1 Å². The number of fused-ring (bicyclic) bond motifs is 2. The molecule has 1 aliphatic heterocycles. The maximum absolute atomic E-state index is 13.7. The molecule has 1 amide bonds. The van der Waals surface area contributed by atoms with E-state index < -0.39 is 0 Å². The van der Waals surface area contributed by atoms with Crippen molar-refractivity contribution in [3.63, 3.8) is 0 Å². The van der Waals surface area contributed by atoms with Crippen molar-refractivity contribution in [2.75, 3.05) is 13.1 Å². The van der Waals surface area contributed by atoms with E-state index in [2.05, 4.69) is 37.8 Å². The van der Waals surface area contributed by atoms with Crippen molar-refractivity contribution < 1.29 is 9.21 Å². The van der Waals surface area contributed by atoms with E-state index in [1.807, 2.05) is 39.9 Å². The van der Waals surface area contributed by atoms with Crippen LogP contribution in [0.3, 0.4) is 0 Å². The molecular weight excluding hydrogens is 402 g/mol. The van der Waals surface area contributed by atoms with Gasteiger partial charge >= 0.3 is 0 Å². The first-order valence-corrected chi connectivity index (χ1v) is 11.4. The van der Waals surface area contributed by atoms with Gasteiger partial charge in [0.2, 0.25) is 0 Å². The Hall–Kier alpha value is -3.22. The van der Waals surface area contributed by atoms with Crippen LogP contribution in [-0.4, -0.2) is 43.6 Å². The van der Waals surface area contributed by atoms with Gasteiger partial charge in [0.15, 0.2) is 17.1 Å². The number of para-hydroxylation sites is 2.